The summed E-state index contributed by atoms with van der Waals surface area (Å²) < 4.78 is 76.6. The van der Waals surface area contributed by atoms with Gasteiger partial charge in [-0.3, -0.25) is 4.79 Å². The number of anilines is 1. The lowest BCUT2D eigenvalue weighted by Crippen LogP contribution is -2.44. The van der Waals surface area contributed by atoms with Gasteiger partial charge in [0, 0.05) is 12.4 Å². The van der Waals surface area contributed by atoms with Crippen molar-refractivity contribution in [2.24, 2.45) is 0 Å². The van der Waals surface area contributed by atoms with Gasteiger partial charge in [-0.1, -0.05) is 0 Å². The molecule has 0 radical (unpaired) electrons. The van der Waals surface area contributed by atoms with Gasteiger partial charge in [0.2, 0.25) is 5.95 Å². The molecule has 0 aromatic carbocycles. The lowest BCUT2D eigenvalue weighted by Gasteiger charge is -2.21. The van der Waals surface area contributed by atoms with Crippen LogP contribution in [0.4, 0.5) is 32.3 Å². The molecule has 0 aliphatic heterocycles. The molecular weight excluding hydrogens is 296 g/mol. The number of hydrogen-bond donors (Lipinski definition) is 0. The lowest BCUT2D eigenvalue weighted by atomic mass is 10.5. The van der Waals surface area contributed by atoms with Crippen LogP contribution in [-0.4, -0.2) is 41.6 Å². The van der Waals surface area contributed by atoms with Gasteiger partial charge in [0.05, 0.1) is 0 Å². The van der Waals surface area contributed by atoms with E-state index in [2.05, 4.69) is 14.7 Å². The van der Waals surface area contributed by atoms with Gasteiger partial charge >= 0.3 is 18.3 Å². The van der Waals surface area contributed by atoms with Gasteiger partial charge in [0.15, 0.2) is 0 Å². The van der Waals surface area contributed by atoms with E-state index in [0.29, 0.717) is 0 Å². The minimum Gasteiger partial charge on any atom is -0.351 e. The normalized spacial score (nSPS) is 12.3. The van der Waals surface area contributed by atoms with Crippen LogP contribution in [0.15, 0.2) is 18.5 Å². The number of carbonyl (C=O) groups is 1. The number of ether oxygens (including phenoxy) is 1. The van der Waals surface area contributed by atoms with Crippen LogP contribution in [0.25, 0.3) is 0 Å². The summed E-state index contributed by atoms with van der Waals surface area (Å²) in [6.07, 6.45) is -7.96. The molecule has 1 aromatic rings. The van der Waals surface area contributed by atoms with Gasteiger partial charge in [-0.2, -0.15) is 26.3 Å². The molecule has 112 valence electrons. The fourth-order valence-corrected chi connectivity index (χ4v) is 1.04. The third kappa shape index (κ3) is 4.99. The Balaban J connectivity index is 2.84. The van der Waals surface area contributed by atoms with Gasteiger partial charge in [-0.25, -0.2) is 14.9 Å². The Morgan fingerprint density at radius 3 is 2.15 bits per heavy atom. The molecule has 1 rings (SSSR count). The number of hydrogen-bond acceptors (Lipinski definition) is 4. The fourth-order valence-electron chi connectivity index (χ4n) is 1.04. The second-order valence-electron chi connectivity index (χ2n) is 3.37. The van der Waals surface area contributed by atoms with E-state index in [4.69, 9.17) is 0 Å². The third-order valence-electron chi connectivity index (χ3n) is 1.77. The molecule has 0 fully saturated rings. The maximum Gasteiger partial charge on any atom is 0.471 e. The Hall–Kier alpha value is -1.91. The molecule has 0 unspecified atom stereocenters. The summed E-state index contributed by atoms with van der Waals surface area (Å²) in [6.45, 7) is -3.08. The predicted molar refractivity (Wildman–Crippen MR) is 52.4 cm³/mol. The number of amides is 1. The molecule has 5 nitrogen and oxygen atoms in total. The highest BCUT2D eigenvalue weighted by atomic mass is 19.4. The largest absolute Gasteiger partial charge is 0.471 e. The highest BCUT2D eigenvalue weighted by molar-refractivity contribution is 5.95. The molecule has 20 heavy (non-hydrogen) atoms. The molecule has 0 bridgehead atoms. The van der Waals surface area contributed by atoms with E-state index < -0.39 is 37.5 Å². The average molecular weight is 303 g/mol. The van der Waals surface area contributed by atoms with Crippen molar-refractivity contribution in [2.75, 3.05) is 18.2 Å². The second kappa shape index (κ2) is 6.03. The Morgan fingerprint density at radius 2 is 1.70 bits per heavy atom. The number of nitrogens with zero attached hydrogens (tertiary/aromatic N) is 3. The molecule has 0 atom stereocenters. The van der Waals surface area contributed by atoms with Crippen LogP contribution in [0.5, 0.6) is 0 Å². The first kappa shape index (κ1) is 16.1. The van der Waals surface area contributed by atoms with Crippen LogP contribution >= 0.6 is 0 Å². The maximum atomic E-state index is 12.3. The molecule has 1 amide bonds. The zero-order valence-electron chi connectivity index (χ0n) is 9.57. The Morgan fingerprint density at radius 1 is 1.15 bits per heavy atom. The average Bonchev–Trinajstić information content (AvgIpc) is 2.32. The number of halogens is 6. The van der Waals surface area contributed by atoms with E-state index in [1.165, 1.54) is 6.07 Å². The van der Waals surface area contributed by atoms with Crippen molar-refractivity contribution in [2.45, 2.75) is 12.4 Å². The van der Waals surface area contributed by atoms with Crippen LogP contribution < -0.4 is 4.90 Å². The highest BCUT2D eigenvalue weighted by Crippen LogP contribution is 2.22. The second-order valence-corrected chi connectivity index (χ2v) is 3.37. The number of alkyl halides is 6. The van der Waals surface area contributed by atoms with Crippen molar-refractivity contribution in [3.63, 3.8) is 0 Å². The molecule has 1 aromatic heterocycles. The van der Waals surface area contributed by atoms with Crippen molar-refractivity contribution in [3.8, 4) is 0 Å². The topological polar surface area (TPSA) is 55.3 Å². The summed E-state index contributed by atoms with van der Waals surface area (Å²) in [5.74, 6) is -3.14. The first-order valence-corrected chi connectivity index (χ1v) is 4.91. The lowest BCUT2D eigenvalue weighted by molar-refractivity contribution is -0.181. The van der Waals surface area contributed by atoms with Crippen molar-refractivity contribution in [1.29, 1.82) is 0 Å². The van der Waals surface area contributed by atoms with Crippen LogP contribution in [0.3, 0.4) is 0 Å². The molecule has 0 N–H and O–H groups in total. The minimum absolute atomic E-state index is 0.133. The summed E-state index contributed by atoms with van der Waals surface area (Å²) in [4.78, 5) is 17.7. The van der Waals surface area contributed by atoms with E-state index in [-0.39, 0.29) is 4.90 Å². The highest BCUT2D eigenvalue weighted by Gasteiger charge is 2.44. The fraction of sp³-hybridized carbons (Fsp3) is 0.444. The summed E-state index contributed by atoms with van der Waals surface area (Å²) in [6, 6.07) is 1.26. The Kier molecular flexibility index (Phi) is 4.87. The molecule has 0 saturated carbocycles. The smallest absolute Gasteiger partial charge is 0.351 e. The number of carbonyl (C=O) groups excluding carboxylic acids is 1. The van der Waals surface area contributed by atoms with E-state index >= 15 is 0 Å². The summed E-state index contributed by atoms with van der Waals surface area (Å²) in [5, 5.41) is 0. The summed E-state index contributed by atoms with van der Waals surface area (Å²) >= 11 is 0. The van der Waals surface area contributed by atoms with Crippen LogP contribution in [0.1, 0.15) is 0 Å². The molecule has 0 aliphatic rings. The van der Waals surface area contributed by atoms with Gasteiger partial charge in [-0.05, 0) is 6.07 Å². The molecule has 0 spiro atoms. The first-order chi connectivity index (χ1) is 9.11. The van der Waals surface area contributed by atoms with Crippen LogP contribution in [-0.2, 0) is 9.53 Å². The number of aromatic nitrogens is 2. The third-order valence-corrected chi connectivity index (χ3v) is 1.77. The molecule has 0 aliphatic carbocycles. The van der Waals surface area contributed by atoms with Gasteiger partial charge in [0.25, 0.3) is 0 Å². The van der Waals surface area contributed by atoms with Gasteiger partial charge < -0.3 is 4.74 Å². The SMILES string of the molecule is O=C(N(COCC(F)(F)F)c1ncccn1)C(F)(F)F. The summed E-state index contributed by atoms with van der Waals surface area (Å²) in [7, 11) is 0. The van der Waals surface area contributed by atoms with Crippen molar-refractivity contribution < 1.29 is 35.9 Å². The zero-order valence-corrected chi connectivity index (χ0v) is 9.57. The van der Waals surface area contributed by atoms with Gasteiger partial charge in [-0.15, -0.1) is 0 Å². The van der Waals surface area contributed by atoms with E-state index in [1.807, 2.05) is 0 Å². The molecule has 11 heteroatoms. The molecular formula is C9H7F6N3O2. The quantitative estimate of drug-likeness (QED) is 0.630. The molecule has 0 saturated heterocycles. The Labute approximate surface area is 108 Å². The van der Waals surface area contributed by atoms with E-state index in [9.17, 15) is 31.1 Å². The van der Waals surface area contributed by atoms with Crippen molar-refractivity contribution in [1.82, 2.24) is 9.97 Å². The Bertz CT molecular complexity index is 447. The standard InChI is InChI=1S/C9H7F6N3O2/c10-8(11,12)4-20-5-18(6(19)9(13,14)15)7-16-2-1-3-17-7/h1-3H,4-5H2. The van der Waals surface area contributed by atoms with E-state index in [1.54, 1.807) is 0 Å². The van der Waals surface area contributed by atoms with Crippen LogP contribution in [0, 0.1) is 0 Å². The van der Waals surface area contributed by atoms with E-state index in [0.717, 1.165) is 12.4 Å². The summed E-state index contributed by atoms with van der Waals surface area (Å²) in [5.41, 5.74) is 0. The maximum absolute atomic E-state index is 12.3. The van der Waals surface area contributed by atoms with Crippen LogP contribution in [0.2, 0.25) is 0 Å². The minimum atomic E-state index is -5.29. The molecule has 1 heterocycles. The zero-order chi connectivity index (χ0) is 15.4. The number of rotatable bonds is 4. The first-order valence-electron chi connectivity index (χ1n) is 4.91. The van der Waals surface area contributed by atoms with Gasteiger partial charge in [0.1, 0.15) is 13.3 Å². The van der Waals surface area contributed by atoms with Crippen molar-refractivity contribution >= 4 is 11.9 Å². The predicted octanol–water partition coefficient (Wildman–Crippen LogP) is 1.91. The monoisotopic (exact) mass is 303 g/mol. The van der Waals surface area contributed by atoms with Crippen molar-refractivity contribution in [3.05, 3.63) is 18.5 Å².